The van der Waals surface area contributed by atoms with Gasteiger partial charge >= 0.3 is 0 Å². The summed E-state index contributed by atoms with van der Waals surface area (Å²) in [5.41, 5.74) is 0.778. The monoisotopic (exact) mass is 413 g/mol. The maximum atomic E-state index is 12.6. The summed E-state index contributed by atoms with van der Waals surface area (Å²) in [6.07, 6.45) is 3.15. The zero-order valence-electron chi connectivity index (χ0n) is 18.6. The minimum Gasteiger partial charge on any atom is -0.490 e. The normalized spacial score (nSPS) is 11.3. The Morgan fingerprint density at radius 1 is 1.03 bits per heavy atom. The Labute approximate surface area is 178 Å². The molecule has 1 aromatic carbocycles. The Morgan fingerprint density at radius 2 is 1.73 bits per heavy atom. The quantitative estimate of drug-likeness (QED) is 0.409. The summed E-state index contributed by atoms with van der Waals surface area (Å²) in [5, 5.41) is 0. The van der Waals surface area contributed by atoms with E-state index >= 15 is 0 Å². The number of nitrogens with zero attached hydrogens (tertiary/aromatic N) is 1. The van der Waals surface area contributed by atoms with Crippen molar-refractivity contribution >= 4 is 17.8 Å². The molecule has 0 saturated heterocycles. The van der Waals surface area contributed by atoms with E-state index in [0.717, 1.165) is 5.56 Å². The van der Waals surface area contributed by atoms with Crippen LogP contribution in [0.2, 0.25) is 0 Å². The fraction of sp³-hybridized carbons (Fsp3) is 0.417. The molecular formula is C24H31NO5. The topological polar surface area (TPSA) is 69.0 Å². The van der Waals surface area contributed by atoms with Crippen LogP contribution in [0, 0.1) is 6.92 Å². The van der Waals surface area contributed by atoms with Gasteiger partial charge in [0.15, 0.2) is 23.9 Å². The highest BCUT2D eigenvalue weighted by molar-refractivity contribution is 6.04. The van der Waals surface area contributed by atoms with Crippen LogP contribution in [0.15, 0.2) is 40.8 Å². The second-order valence-electron chi connectivity index (χ2n) is 7.52. The van der Waals surface area contributed by atoms with Gasteiger partial charge in [-0.15, -0.1) is 0 Å². The fourth-order valence-electron chi connectivity index (χ4n) is 3.22. The molecule has 6 heteroatoms. The third kappa shape index (κ3) is 6.24. The lowest BCUT2D eigenvalue weighted by Crippen LogP contribution is -2.44. The Hall–Kier alpha value is -3.02. The Bertz CT molecular complexity index is 887. The second-order valence-corrected chi connectivity index (χ2v) is 7.52. The predicted molar refractivity (Wildman–Crippen MR) is 117 cm³/mol. The first-order chi connectivity index (χ1) is 14.2. The van der Waals surface area contributed by atoms with Crippen molar-refractivity contribution in [1.29, 1.82) is 0 Å². The molecule has 0 bridgehead atoms. The second kappa shape index (κ2) is 10.7. The molecule has 0 radical (unpaired) electrons. The number of benzene rings is 1. The molecule has 1 amide bonds. The van der Waals surface area contributed by atoms with E-state index in [1.165, 1.54) is 6.08 Å². The highest BCUT2D eigenvalue weighted by Crippen LogP contribution is 2.29. The van der Waals surface area contributed by atoms with E-state index in [2.05, 4.69) is 0 Å². The minimum atomic E-state index is -0.213. The van der Waals surface area contributed by atoms with Gasteiger partial charge in [0.05, 0.1) is 6.61 Å². The lowest BCUT2D eigenvalue weighted by atomic mass is 10.1. The Balaban J connectivity index is 2.11. The molecule has 162 valence electrons. The number of hydrogen-bond acceptors (Lipinski definition) is 5. The lowest BCUT2D eigenvalue weighted by Gasteiger charge is -2.30. The van der Waals surface area contributed by atoms with Gasteiger partial charge in [-0.1, -0.05) is 12.1 Å². The average Bonchev–Trinajstić information content (AvgIpc) is 3.11. The van der Waals surface area contributed by atoms with Gasteiger partial charge in [0.1, 0.15) is 5.76 Å². The van der Waals surface area contributed by atoms with Crippen LogP contribution in [-0.2, 0) is 4.79 Å². The number of amides is 1. The molecule has 2 rings (SSSR count). The third-order valence-corrected chi connectivity index (χ3v) is 4.43. The third-order valence-electron chi connectivity index (χ3n) is 4.43. The SMILES string of the molecule is CCOc1cc(/C=C/C(=O)c2ccc(C)o2)ccc1OCC(=O)N(C(C)C)C(C)C. The van der Waals surface area contributed by atoms with E-state index in [9.17, 15) is 9.59 Å². The van der Waals surface area contributed by atoms with Gasteiger partial charge in [0, 0.05) is 12.1 Å². The van der Waals surface area contributed by atoms with Crippen molar-refractivity contribution in [2.24, 2.45) is 0 Å². The van der Waals surface area contributed by atoms with Gasteiger partial charge in [-0.2, -0.15) is 0 Å². The number of ketones is 1. The molecular weight excluding hydrogens is 382 g/mol. The van der Waals surface area contributed by atoms with Crippen LogP contribution in [0.4, 0.5) is 0 Å². The van der Waals surface area contributed by atoms with E-state index in [4.69, 9.17) is 13.9 Å². The van der Waals surface area contributed by atoms with Crippen molar-refractivity contribution in [3.8, 4) is 11.5 Å². The fourth-order valence-corrected chi connectivity index (χ4v) is 3.22. The molecule has 1 heterocycles. The van der Waals surface area contributed by atoms with Gasteiger partial charge in [-0.05, 0) is 77.4 Å². The van der Waals surface area contributed by atoms with Crippen LogP contribution in [-0.4, -0.2) is 41.9 Å². The first-order valence-electron chi connectivity index (χ1n) is 10.2. The predicted octanol–water partition coefficient (Wildman–Crippen LogP) is 4.91. The highest BCUT2D eigenvalue weighted by atomic mass is 16.5. The van der Waals surface area contributed by atoms with Crippen LogP contribution < -0.4 is 9.47 Å². The van der Waals surface area contributed by atoms with E-state index in [1.54, 1.807) is 42.2 Å². The summed E-state index contributed by atoms with van der Waals surface area (Å²) in [4.78, 5) is 26.5. The molecule has 1 aromatic heterocycles. The molecule has 0 aliphatic heterocycles. The van der Waals surface area contributed by atoms with Crippen molar-refractivity contribution in [2.75, 3.05) is 13.2 Å². The summed E-state index contributed by atoms with van der Waals surface area (Å²) in [6.45, 7) is 12.0. The summed E-state index contributed by atoms with van der Waals surface area (Å²) in [5.74, 6) is 1.71. The average molecular weight is 414 g/mol. The molecule has 2 aromatic rings. The number of carbonyl (C=O) groups is 2. The molecule has 0 atom stereocenters. The van der Waals surface area contributed by atoms with E-state index in [0.29, 0.717) is 29.6 Å². The zero-order chi connectivity index (χ0) is 22.3. The van der Waals surface area contributed by atoms with Crippen molar-refractivity contribution < 1.29 is 23.5 Å². The molecule has 0 aliphatic rings. The molecule has 0 saturated carbocycles. The van der Waals surface area contributed by atoms with Crippen LogP contribution in [0.1, 0.15) is 56.5 Å². The summed E-state index contributed by atoms with van der Waals surface area (Å²) in [7, 11) is 0. The number of carbonyl (C=O) groups excluding carboxylic acids is 2. The number of allylic oxidation sites excluding steroid dienone is 1. The maximum absolute atomic E-state index is 12.6. The van der Waals surface area contributed by atoms with E-state index < -0.39 is 0 Å². The largest absolute Gasteiger partial charge is 0.490 e. The minimum absolute atomic E-state index is 0.0675. The number of aryl methyl sites for hydroxylation is 1. The van der Waals surface area contributed by atoms with E-state index in [-0.39, 0.29) is 30.4 Å². The van der Waals surface area contributed by atoms with Crippen LogP contribution in [0.3, 0.4) is 0 Å². The van der Waals surface area contributed by atoms with Crippen LogP contribution >= 0.6 is 0 Å². The number of rotatable bonds is 10. The molecule has 6 nitrogen and oxygen atoms in total. The molecule has 0 aliphatic carbocycles. The molecule has 0 N–H and O–H groups in total. The van der Waals surface area contributed by atoms with Gasteiger partial charge in [0.25, 0.3) is 5.91 Å². The maximum Gasteiger partial charge on any atom is 0.260 e. The molecule has 30 heavy (non-hydrogen) atoms. The van der Waals surface area contributed by atoms with Crippen molar-refractivity contribution in [3.63, 3.8) is 0 Å². The van der Waals surface area contributed by atoms with Gasteiger partial charge in [-0.25, -0.2) is 0 Å². The van der Waals surface area contributed by atoms with Gasteiger partial charge in [-0.3, -0.25) is 9.59 Å². The van der Waals surface area contributed by atoms with Crippen LogP contribution in [0.25, 0.3) is 6.08 Å². The smallest absolute Gasteiger partial charge is 0.260 e. The zero-order valence-corrected chi connectivity index (χ0v) is 18.6. The Morgan fingerprint density at radius 3 is 2.30 bits per heavy atom. The first kappa shape index (κ1) is 23.3. The molecule has 0 fully saturated rings. The number of hydrogen-bond donors (Lipinski definition) is 0. The Kier molecular flexibility index (Phi) is 8.27. The number of ether oxygens (including phenoxy) is 2. The van der Waals surface area contributed by atoms with E-state index in [1.807, 2.05) is 40.7 Å². The highest BCUT2D eigenvalue weighted by Gasteiger charge is 2.21. The number of furan rings is 1. The molecule has 0 spiro atoms. The van der Waals surface area contributed by atoms with Crippen molar-refractivity contribution in [1.82, 2.24) is 4.90 Å². The molecule has 0 unspecified atom stereocenters. The van der Waals surface area contributed by atoms with Crippen molar-refractivity contribution in [3.05, 3.63) is 53.5 Å². The lowest BCUT2D eigenvalue weighted by molar-refractivity contribution is -0.137. The summed E-state index contributed by atoms with van der Waals surface area (Å²) >= 11 is 0. The summed E-state index contributed by atoms with van der Waals surface area (Å²) < 4.78 is 16.8. The van der Waals surface area contributed by atoms with Crippen molar-refractivity contribution in [2.45, 2.75) is 53.6 Å². The van der Waals surface area contributed by atoms with Gasteiger partial charge < -0.3 is 18.8 Å². The van der Waals surface area contributed by atoms with Crippen LogP contribution in [0.5, 0.6) is 11.5 Å². The summed E-state index contributed by atoms with van der Waals surface area (Å²) in [6, 6.07) is 8.92. The van der Waals surface area contributed by atoms with Gasteiger partial charge in [0.2, 0.25) is 5.78 Å². The first-order valence-corrected chi connectivity index (χ1v) is 10.2. The standard InChI is InChI=1S/C24H31NO5/c1-7-28-23-14-19(9-11-20(26)21-12-8-18(6)30-21)10-13-22(23)29-15-24(27)25(16(2)3)17(4)5/h8-14,16-17H,7,15H2,1-6H3/b11-9+.